The van der Waals surface area contributed by atoms with Crippen LogP contribution in [0.3, 0.4) is 0 Å². The minimum absolute atomic E-state index is 0.00697. The zero-order valence-corrected chi connectivity index (χ0v) is 15.1. The highest BCUT2D eigenvalue weighted by Gasteiger charge is 2.37. The number of rotatable bonds is 6. The van der Waals surface area contributed by atoms with E-state index in [0.29, 0.717) is 5.56 Å². The number of alkyl halides is 3. The van der Waals surface area contributed by atoms with Gasteiger partial charge in [-0.15, -0.1) is 0 Å². The molecular formula is C17H20ClF3N2O3. The second-order valence-electron chi connectivity index (χ2n) is 6.62. The molecule has 2 atom stereocenters. The second kappa shape index (κ2) is 7.73. The SMILES string of the molecule is CC(CN(C)C(=O)NC(c1ccc(Cl)c(C(F)(F)F)c1)C1CC1)C(=O)O. The fourth-order valence-corrected chi connectivity index (χ4v) is 2.90. The number of hydrogen-bond donors (Lipinski definition) is 2. The zero-order valence-electron chi connectivity index (χ0n) is 14.3. The Labute approximate surface area is 154 Å². The number of nitrogens with zero attached hydrogens (tertiary/aromatic N) is 1. The quantitative estimate of drug-likeness (QED) is 0.763. The molecule has 2 amide bonds. The van der Waals surface area contributed by atoms with Gasteiger partial charge in [0.15, 0.2) is 0 Å². The number of halogens is 4. The van der Waals surface area contributed by atoms with Crippen LogP contribution in [0.1, 0.15) is 36.9 Å². The molecule has 144 valence electrons. The molecule has 1 aliphatic carbocycles. The fraction of sp³-hybridized carbons (Fsp3) is 0.529. The summed E-state index contributed by atoms with van der Waals surface area (Å²) in [5.41, 5.74) is -0.610. The zero-order chi connectivity index (χ0) is 19.6. The van der Waals surface area contributed by atoms with Gasteiger partial charge in [-0.3, -0.25) is 4.79 Å². The van der Waals surface area contributed by atoms with Crippen LogP contribution in [0.5, 0.6) is 0 Å². The van der Waals surface area contributed by atoms with Crippen molar-refractivity contribution < 1.29 is 27.9 Å². The Bertz CT molecular complexity index is 692. The van der Waals surface area contributed by atoms with Crippen molar-refractivity contribution in [3.8, 4) is 0 Å². The maximum absolute atomic E-state index is 13.1. The second-order valence-corrected chi connectivity index (χ2v) is 7.03. The van der Waals surface area contributed by atoms with Gasteiger partial charge in [-0.1, -0.05) is 24.6 Å². The van der Waals surface area contributed by atoms with Crippen LogP contribution in [0.4, 0.5) is 18.0 Å². The highest BCUT2D eigenvalue weighted by Crippen LogP contribution is 2.43. The van der Waals surface area contributed by atoms with Gasteiger partial charge in [0.2, 0.25) is 0 Å². The maximum atomic E-state index is 13.1. The van der Waals surface area contributed by atoms with Crippen molar-refractivity contribution in [1.82, 2.24) is 10.2 Å². The van der Waals surface area contributed by atoms with Crippen LogP contribution in [-0.4, -0.2) is 35.6 Å². The number of carbonyl (C=O) groups is 2. The topological polar surface area (TPSA) is 69.6 Å². The lowest BCUT2D eigenvalue weighted by Gasteiger charge is -2.25. The summed E-state index contributed by atoms with van der Waals surface area (Å²) >= 11 is 5.65. The third kappa shape index (κ3) is 5.03. The van der Waals surface area contributed by atoms with E-state index in [1.54, 1.807) is 0 Å². The number of carboxylic acids is 1. The molecule has 0 heterocycles. The van der Waals surface area contributed by atoms with E-state index >= 15 is 0 Å². The minimum atomic E-state index is -4.58. The van der Waals surface area contributed by atoms with E-state index in [-0.39, 0.29) is 12.5 Å². The molecule has 2 rings (SSSR count). The summed E-state index contributed by atoms with van der Waals surface area (Å²) in [6.07, 6.45) is -2.99. The molecular weight excluding hydrogens is 373 g/mol. The van der Waals surface area contributed by atoms with Gasteiger partial charge in [0.1, 0.15) is 0 Å². The molecule has 26 heavy (non-hydrogen) atoms. The Morgan fingerprint density at radius 2 is 2.00 bits per heavy atom. The highest BCUT2D eigenvalue weighted by molar-refractivity contribution is 6.31. The van der Waals surface area contributed by atoms with Crippen LogP contribution in [0.15, 0.2) is 18.2 Å². The van der Waals surface area contributed by atoms with Gasteiger partial charge in [-0.05, 0) is 36.5 Å². The van der Waals surface area contributed by atoms with Crippen molar-refractivity contribution in [3.63, 3.8) is 0 Å². The van der Waals surface area contributed by atoms with Gasteiger partial charge < -0.3 is 15.3 Å². The molecule has 0 saturated heterocycles. The van der Waals surface area contributed by atoms with Crippen LogP contribution in [0.25, 0.3) is 0 Å². The molecule has 1 fully saturated rings. The first-order valence-electron chi connectivity index (χ1n) is 8.11. The standard InChI is InChI=1S/C17H20ClF3N2O3/c1-9(15(24)25)8-23(2)16(26)22-14(10-3-4-10)11-5-6-13(18)12(7-11)17(19,20)21/h5-7,9-10,14H,3-4,8H2,1-2H3,(H,22,26)(H,24,25). The Morgan fingerprint density at radius 3 is 2.50 bits per heavy atom. The van der Waals surface area contributed by atoms with Crippen molar-refractivity contribution in [2.75, 3.05) is 13.6 Å². The van der Waals surface area contributed by atoms with Crippen molar-refractivity contribution >= 4 is 23.6 Å². The van der Waals surface area contributed by atoms with Crippen LogP contribution in [0, 0.1) is 11.8 Å². The first-order chi connectivity index (χ1) is 12.0. The molecule has 1 aromatic carbocycles. The summed E-state index contributed by atoms with van der Waals surface area (Å²) in [6, 6.07) is 2.51. The smallest absolute Gasteiger partial charge is 0.417 e. The Kier molecular flexibility index (Phi) is 6.05. The fourth-order valence-electron chi connectivity index (χ4n) is 2.67. The molecule has 2 unspecified atom stereocenters. The average Bonchev–Trinajstić information content (AvgIpc) is 3.36. The monoisotopic (exact) mass is 392 g/mol. The first kappa shape index (κ1) is 20.4. The minimum Gasteiger partial charge on any atom is -0.481 e. The average molecular weight is 393 g/mol. The number of amides is 2. The van der Waals surface area contributed by atoms with Gasteiger partial charge in [0.25, 0.3) is 0 Å². The summed E-state index contributed by atoms with van der Waals surface area (Å²) in [7, 11) is 1.45. The number of carbonyl (C=O) groups excluding carboxylic acids is 1. The summed E-state index contributed by atoms with van der Waals surface area (Å²) in [4.78, 5) is 24.5. The van der Waals surface area contributed by atoms with E-state index in [9.17, 15) is 22.8 Å². The molecule has 2 N–H and O–H groups in total. The summed E-state index contributed by atoms with van der Waals surface area (Å²) < 4.78 is 39.2. The normalized spacial score (nSPS) is 16.7. The van der Waals surface area contributed by atoms with E-state index in [2.05, 4.69) is 5.32 Å². The lowest BCUT2D eigenvalue weighted by Crippen LogP contribution is -2.42. The van der Waals surface area contributed by atoms with Crippen molar-refractivity contribution in [1.29, 1.82) is 0 Å². The molecule has 1 aromatic rings. The Balaban J connectivity index is 2.17. The molecule has 0 aromatic heterocycles. The van der Waals surface area contributed by atoms with E-state index < -0.39 is 40.7 Å². The third-order valence-corrected chi connectivity index (χ3v) is 4.67. The Morgan fingerprint density at radius 1 is 1.38 bits per heavy atom. The first-order valence-corrected chi connectivity index (χ1v) is 8.49. The number of hydrogen-bond acceptors (Lipinski definition) is 2. The predicted molar refractivity (Wildman–Crippen MR) is 89.9 cm³/mol. The van der Waals surface area contributed by atoms with Gasteiger partial charge >= 0.3 is 18.2 Å². The lowest BCUT2D eigenvalue weighted by atomic mass is 10.00. The van der Waals surface area contributed by atoms with Gasteiger partial charge in [-0.2, -0.15) is 13.2 Å². The summed E-state index contributed by atoms with van der Waals surface area (Å²) in [5.74, 6) is -1.74. The van der Waals surface area contributed by atoms with E-state index in [1.807, 2.05) is 0 Å². The van der Waals surface area contributed by atoms with Crippen molar-refractivity contribution in [2.24, 2.45) is 11.8 Å². The number of nitrogens with one attached hydrogen (secondary N) is 1. The molecule has 0 aliphatic heterocycles. The number of benzene rings is 1. The molecule has 5 nitrogen and oxygen atoms in total. The van der Waals surface area contributed by atoms with E-state index in [1.165, 1.54) is 31.0 Å². The van der Waals surface area contributed by atoms with Crippen LogP contribution in [0.2, 0.25) is 5.02 Å². The summed E-state index contributed by atoms with van der Waals surface area (Å²) in [6.45, 7) is 1.46. The predicted octanol–water partition coefficient (Wildman–Crippen LogP) is 4.17. The largest absolute Gasteiger partial charge is 0.481 e. The number of urea groups is 1. The van der Waals surface area contributed by atoms with Crippen LogP contribution in [-0.2, 0) is 11.0 Å². The van der Waals surface area contributed by atoms with E-state index in [4.69, 9.17) is 16.7 Å². The van der Waals surface area contributed by atoms with E-state index in [0.717, 1.165) is 18.9 Å². The highest BCUT2D eigenvalue weighted by atomic mass is 35.5. The molecule has 1 saturated carbocycles. The molecule has 1 aliphatic rings. The lowest BCUT2D eigenvalue weighted by molar-refractivity contribution is -0.141. The molecule has 0 spiro atoms. The van der Waals surface area contributed by atoms with Gasteiger partial charge in [0, 0.05) is 13.6 Å². The van der Waals surface area contributed by atoms with Crippen molar-refractivity contribution in [2.45, 2.75) is 32.0 Å². The third-order valence-electron chi connectivity index (χ3n) is 4.34. The molecule has 0 bridgehead atoms. The van der Waals surface area contributed by atoms with Crippen LogP contribution < -0.4 is 5.32 Å². The van der Waals surface area contributed by atoms with Gasteiger partial charge in [-0.25, -0.2) is 4.79 Å². The maximum Gasteiger partial charge on any atom is 0.417 e. The number of carboxylic acid groups (broad SMARTS) is 1. The van der Waals surface area contributed by atoms with Gasteiger partial charge in [0.05, 0.1) is 22.5 Å². The van der Waals surface area contributed by atoms with Crippen LogP contribution >= 0.6 is 11.6 Å². The van der Waals surface area contributed by atoms with Crippen molar-refractivity contribution in [3.05, 3.63) is 34.3 Å². The number of aliphatic carboxylic acids is 1. The summed E-state index contributed by atoms with van der Waals surface area (Å²) in [5, 5.41) is 11.3. The Hall–Kier alpha value is -1.96. The molecule has 9 heteroatoms. The molecule has 0 radical (unpaired) electrons.